The van der Waals surface area contributed by atoms with Gasteiger partial charge in [-0.2, -0.15) is 10.2 Å². The number of carbonyl (C=O) groups is 2. The first-order valence-electron chi connectivity index (χ1n) is 19.7. The van der Waals surface area contributed by atoms with Crippen molar-refractivity contribution >= 4 is 50.3 Å². The summed E-state index contributed by atoms with van der Waals surface area (Å²) in [6, 6.07) is 18.5. The Morgan fingerprint density at radius 2 is 1.31 bits per heavy atom. The van der Waals surface area contributed by atoms with Gasteiger partial charge in [-0.15, -0.1) is 0 Å². The first-order chi connectivity index (χ1) is 29.0. The zero-order chi connectivity index (χ0) is 42.3. The van der Waals surface area contributed by atoms with Crippen LogP contribution in [0.5, 0.6) is 23.0 Å². The molecule has 7 N–H and O–H groups in total. The highest BCUT2D eigenvalue weighted by Crippen LogP contribution is 2.39. The molecule has 7 aromatic rings. The Morgan fingerprint density at radius 3 is 1.84 bits per heavy atom. The second-order valence-electron chi connectivity index (χ2n) is 14.4. The maximum Gasteiger partial charge on any atom is 0.340 e. The lowest BCUT2D eigenvalue weighted by atomic mass is 10.1. The number of methoxy groups -OCH3 is 1. The molecule has 3 aromatic heterocycles. The quantitative estimate of drug-likeness (QED) is 0.0869. The second-order valence-corrected chi connectivity index (χ2v) is 14.4. The van der Waals surface area contributed by atoms with E-state index in [1.54, 1.807) is 36.5 Å². The maximum absolute atomic E-state index is 12.1. The number of nitrogens with two attached hydrogens (primary N) is 1. The number of nitrogen functional groups attached to an aromatic ring is 1. The lowest BCUT2D eigenvalue weighted by Gasteiger charge is -2.23. The topological polar surface area (TPSA) is 243 Å². The number of ether oxygens (including phenoxy) is 5. The van der Waals surface area contributed by atoms with E-state index in [0.29, 0.717) is 33.9 Å². The molecular formula is C44H50N8O9. The van der Waals surface area contributed by atoms with Gasteiger partial charge in [-0.1, -0.05) is 24.3 Å². The fraction of sp³-hybridized carbons (Fsp3) is 0.318. The summed E-state index contributed by atoms with van der Waals surface area (Å²) in [4.78, 5) is 39.9. The standard InChI is InChI=1S/C21H20N4O3.C21H23N3O4.C2H4O2.H3N/c1-13-8-9-16-15(11-24-25(16)18-7-2-3-10-27-18)20(13)28-17-6-4-5-14-19(17)22-12-23-21(14)26;1-13-9-10-16-15(12-23-24(16)18-8-3-4-11-27-18)20(13)28-17-7-5-6-14(19(17)22)21(25)26-2;1-2(3)4;/h4-6,8-9,11-12,18H,2-3,7,10H2,1H3,(H,22,23,26);5-7,9-10,12,18H,3-4,8,11,22H2,1-2H3;1H3,(H,3,4);1H3. The molecule has 2 fully saturated rings. The number of esters is 1. The van der Waals surface area contributed by atoms with Crippen LogP contribution in [0.4, 0.5) is 5.69 Å². The molecule has 0 amide bonds. The van der Waals surface area contributed by atoms with Gasteiger partial charge in [-0.05, 0) is 99.9 Å². The summed E-state index contributed by atoms with van der Waals surface area (Å²) in [5.41, 5.74) is 10.9. The summed E-state index contributed by atoms with van der Waals surface area (Å²) in [5, 5.41) is 18.8. The average molecular weight is 835 g/mol. The summed E-state index contributed by atoms with van der Waals surface area (Å²) >= 11 is 0. The van der Waals surface area contributed by atoms with E-state index in [4.69, 9.17) is 39.3 Å². The number of nitrogens with one attached hydrogen (secondary N) is 1. The number of fused-ring (bicyclic) bond motifs is 3. The van der Waals surface area contributed by atoms with Crippen LogP contribution < -0.4 is 26.9 Å². The summed E-state index contributed by atoms with van der Waals surface area (Å²) in [7, 11) is 1.32. The predicted molar refractivity (Wildman–Crippen MR) is 230 cm³/mol. The highest BCUT2D eigenvalue weighted by Gasteiger charge is 2.23. The number of rotatable bonds is 7. The number of aryl methyl sites for hydroxylation is 2. The molecule has 2 aliphatic heterocycles. The molecule has 0 bridgehead atoms. The van der Waals surface area contributed by atoms with Crippen molar-refractivity contribution in [3.63, 3.8) is 0 Å². The van der Waals surface area contributed by atoms with Crippen LogP contribution in [0.3, 0.4) is 0 Å². The van der Waals surface area contributed by atoms with Crippen LogP contribution >= 0.6 is 0 Å². The minimum absolute atomic E-state index is 0. The number of para-hydroxylation sites is 2. The number of H-pyrrole nitrogens is 1. The van der Waals surface area contributed by atoms with Crippen molar-refractivity contribution < 1.29 is 38.4 Å². The molecule has 5 heterocycles. The number of aromatic nitrogens is 6. The third-order valence-electron chi connectivity index (χ3n) is 10.2. The van der Waals surface area contributed by atoms with Gasteiger partial charge < -0.3 is 45.7 Å². The third-order valence-corrected chi connectivity index (χ3v) is 10.2. The van der Waals surface area contributed by atoms with Crippen LogP contribution in [-0.4, -0.2) is 66.9 Å². The molecule has 17 heteroatoms. The second kappa shape index (κ2) is 19.5. The molecule has 2 unspecified atom stereocenters. The maximum atomic E-state index is 12.1. The van der Waals surface area contributed by atoms with Crippen molar-refractivity contribution in [3.05, 3.63) is 106 Å². The highest BCUT2D eigenvalue weighted by molar-refractivity contribution is 5.97. The Labute approximate surface area is 350 Å². The fourth-order valence-corrected chi connectivity index (χ4v) is 7.27. The van der Waals surface area contributed by atoms with Crippen molar-refractivity contribution in [2.24, 2.45) is 0 Å². The predicted octanol–water partition coefficient (Wildman–Crippen LogP) is 8.53. The summed E-state index contributed by atoms with van der Waals surface area (Å²) in [5.74, 6) is 0.989. The molecule has 2 atom stereocenters. The third kappa shape index (κ3) is 9.49. The lowest BCUT2D eigenvalue weighted by molar-refractivity contribution is -0.134. The van der Waals surface area contributed by atoms with E-state index >= 15 is 0 Å². The number of anilines is 1. The summed E-state index contributed by atoms with van der Waals surface area (Å²) < 4.78 is 32.9. The average Bonchev–Trinajstić information content (AvgIpc) is 3.90. The van der Waals surface area contributed by atoms with Crippen molar-refractivity contribution in [1.29, 1.82) is 0 Å². The lowest BCUT2D eigenvalue weighted by Crippen LogP contribution is -2.18. The van der Waals surface area contributed by atoms with Crippen LogP contribution in [0.1, 0.15) is 79.4 Å². The first kappa shape index (κ1) is 43.8. The smallest absolute Gasteiger partial charge is 0.340 e. The summed E-state index contributed by atoms with van der Waals surface area (Å²) in [6.07, 6.45) is 11.2. The molecule has 0 saturated carbocycles. The number of hydrogen-bond donors (Lipinski definition) is 4. The van der Waals surface area contributed by atoms with Gasteiger partial charge in [0.2, 0.25) is 0 Å². The fourth-order valence-electron chi connectivity index (χ4n) is 7.27. The Kier molecular flexibility index (Phi) is 14.0. The van der Waals surface area contributed by atoms with Gasteiger partial charge in [0, 0.05) is 20.1 Å². The number of carboxylic acid groups (broad SMARTS) is 1. The molecule has 4 aromatic carbocycles. The Bertz CT molecular complexity index is 2710. The molecule has 320 valence electrons. The van der Waals surface area contributed by atoms with Gasteiger partial charge in [0.15, 0.2) is 24.0 Å². The molecule has 17 nitrogen and oxygen atoms in total. The van der Waals surface area contributed by atoms with Gasteiger partial charge in [0.05, 0.1) is 64.3 Å². The zero-order valence-corrected chi connectivity index (χ0v) is 34.6. The van der Waals surface area contributed by atoms with Crippen LogP contribution in [0, 0.1) is 13.8 Å². The number of carboxylic acids is 1. The highest BCUT2D eigenvalue weighted by atomic mass is 16.5. The van der Waals surface area contributed by atoms with Gasteiger partial charge >= 0.3 is 5.97 Å². The SMILES string of the molecule is CC(=O)O.COC(=O)c1cccc(Oc2c(C)ccc3c2cnn3C2CCCCO2)c1N.Cc1ccc2c(cnn2C2CCCCO2)c1Oc1cccc2c(=O)[nH]cnc12.N. The monoisotopic (exact) mass is 834 g/mol. The molecule has 0 spiro atoms. The number of hydrogen-bond acceptors (Lipinski definition) is 13. The van der Waals surface area contributed by atoms with Gasteiger partial charge in [-0.3, -0.25) is 9.59 Å². The molecule has 0 radical (unpaired) electrons. The number of aromatic amines is 1. The number of carbonyl (C=O) groups excluding carboxylic acids is 1. The zero-order valence-electron chi connectivity index (χ0n) is 34.6. The number of nitrogens with zero attached hydrogens (tertiary/aromatic N) is 5. The molecule has 2 saturated heterocycles. The van der Waals surface area contributed by atoms with Crippen molar-refractivity contribution in [2.45, 2.75) is 71.8 Å². The van der Waals surface area contributed by atoms with E-state index in [1.807, 2.05) is 53.7 Å². The van der Waals surface area contributed by atoms with E-state index < -0.39 is 11.9 Å². The van der Waals surface area contributed by atoms with Gasteiger partial charge in [0.1, 0.15) is 17.0 Å². The Morgan fingerprint density at radius 1 is 0.787 bits per heavy atom. The molecule has 9 rings (SSSR count). The molecular weight excluding hydrogens is 785 g/mol. The van der Waals surface area contributed by atoms with Gasteiger partial charge in [0.25, 0.3) is 11.5 Å². The van der Waals surface area contributed by atoms with Crippen molar-refractivity contribution in [1.82, 2.24) is 35.7 Å². The van der Waals surface area contributed by atoms with E-state index in [9.17, 15) is 9.59 Å². The minimum Gasteiger partial charge on any atom is -0.481 e. The largest absolute Gasteiger partial charge is 0.481 e. The summed E-state index contributed by atoms with van der Waals surface area (Å²) in [6.45, 7) is 6.55. The Hall–Kier alpha value is -6.82. The molecule has 2 aliphatic rings. The van der Waals surface area contributed by atoms with Crippen molar-refractivity contribution in [2.75, 3.05) is 26.1 Å². The van der Waals surface area contributed by atoms with Crippen LogP contribution in [0.2, 0.25) is 0 Å². The van der Waals surface area contributed by atoms with Crippen molar-refractivity contribution in [3.8, 4) is 23.0 Å². The number of aliphatic carboxylic acids is 1. The molecule has 61 heavy (non-hydrogen) atoms. The Balaban J connectivity index is 0.000000185. The van der Waals surface area contributed by atoms with E-state index in [2.05, 4.69) is 26.2 Å². The number of benzene rings is 4. The van der Waals surface area contributed by atoms with Crippen LogP contribution in [-0.2, 0) is 19.0 Å². The normalized spacial score (nSPS) is 16.1. The van der Waals surface area contributed by atoms with Crippen LogP contribution in [0.15, 0.2) is 84.2 Å². The van der Waals surface area contributed by atoms with E-state index in [1.165, 1.54) is 13.4 Å². The van der Waals surface area contributed by atoms with Gasteiger partial charge in [-0.25, -0.2) is 19.1 Å². The minimum atomic E-state index is -0.833. The first-order valence-corrected chi connectivity index (χ1v) is 19.7. The molecule has 0 aliphatic carbocycles. The van der Waals surface area contributed by atoms with Crippen LogP contribution in [0.25, 0.3) is 32.7 Å². The van der Waals surface area contributed by atoms with E-state index in [0.717, 1.165) is 91.6 Å². The van der Waals surface area contributed by atoms with E-state index in [-0.39, 0.29) is 35.4 Å².